The molecule has 2 saturated heterocycles. The van der Waals surface area contributed by atoms with Crippen molar-refractivity contribution in [2.24, 2.45) is 0 Å². The highest BCUT2D eigenvalue weighted by molar-refractivity contribution is 7.89. The summed E-state index contributed by atoms with van der Waals surface area (Å²) in [6, 6.07) is 10.2. The molecule has 0 aromatic heterocycles. The van der Waals surface area contributed by atoms with Crippen molar-refractivity contribution in [1.82, 2.24) is 4.31 Å². The number of sulfonamides is 1. The highest BCUT2D eigenvalue weighted by Crippen LogP contribution is 2.32. The average molecular weight is 502 g/mol. The van der Waals surface area contributed by atoms with Gasteiger partial charge in [-0.3, -0.25) is 4.79 Å². The Morgan fingerprint density at radius 2 is 1.63 bits per heavy atom. The molecule has 0 bridgehead atoms. The maximum atomic E-state index is 13.2. The summed E-state index contributed by atoms with van der Waals surface area (Å²) in [5, 5.41) is 2.77. The molecular weight excluding hydrogens is 470 g/mol. The van der Waals surface area contributed by atoms with E-state index < -0.39 is 28.5 Å². The van der Waals surface area contributed by atoms with Gasteiger partial charge in [-0.15, -0.1) is 0 Å². The number of morpholine rings is 1. The Morgan fingerprint density at radius 1 is 0.971 bits per heavy atom. The third-order valence-electron chi connectivity index (χ3n) is 6.09. The summed E-state index contributed by atoms with van der Waals surface area (Å²) in [5.74, 6) is -1.13. The van der Waals surface area contributed by atoms with Gasteiger partial charge in [0, 0.05) is 26.2 Å². The van der Waals surface area contributed by atoms with Crippen molar-refractivity contribution < 1.29 is 27.5 Å². The molecule has 1 amide bonds. The zero-order valence-electron chi connectivity index (χ0n) is 20.1. The van der Waals surface area contributed by atoms with Crippen LogP contribution < -0.4 is 10.2 Å². The molecule has 2 aliphatic heterocycles. The van der Waals surface area contributed by atoms with Gasteiger partial charge in [0.2, 0.25) is 10.0 Å². The quantitative estimate of drug-likeness (QED) is 0.582. The fraction of sp³-hybridized carbons (Fsp3) is 0.440. The van der Waals surface area contributed by atoms with Gasteiger partial charge in [0.05, 0.1) is 35.0 Å². The molecule has 0 unspecified atom stereocenters. The fourth-order valence-corrected chi connectivity index (χ4v) is 5.87. The second kappa shape index (κ2) is 10.8. The van der Waals surface area contributed by atoms with Crippen LogP contribution in [-0.2, 0) is 24.3 Å². The zero-order chi connectivity index (χ0) is 25.0. The lowest BCUT2D eigenvalue weighted by Crippen LogP contribution is -2.40. The minimum atomic E-state index is -3.73. The number of aryl methyl sites for hydroxylation is 2. The largest absolute Gasteiger partial charge is 0.452 e. The smallest absolute Gasteiger partial charge is 0.338 e. The van der Waals surface area contributed by atoms with Crippen molar-refractivity contribution >= 4 is 33.3 Å². The van der Waals surface area contributed by atoms with Crippen molar-refractivity contribution in [3.63, 3.8) is 0 Å². The number of carbonyl (C=O) groups excluding carboxylic acids is 2. The number of nitrogens with zero attached hydrogens (tertiary/aromatic N) is 2. The zero-order valence-corrected chi connectivity index (χ0v) is 20.9. The minimum absolute atomic E-state index is 0.102. The van der Waals surface area contributed by atoms with Gasteiger partial charge in [-0.2, -0.15) is 4.31 Å². The maximum Gasteiger partial charge on any atom is 0.338 e. The molecule has 35 heavy (non-hydrogen) atoms. The van der Waals surface area contributed by atoms with Crippen LogP contribution in [0.2, 0.25) is 0 Å². The summed E-state index contributed by atoms with van der Waals surface area (Å²) in [6.07, 6.45) is 2.05. The molecule has 188 valence electrons. The summed E-state index contributed by atoms with van der Waals surface area (Å²) in [5.41, 5.74) is 3.36. The summed E-state index contributed by atoms with van der Waals surface area (Å²) in [7, 11) is -3.73. The number of nitrogens with one attached hydrogen (secondary N) is 1. The number of hydrogen-bond donors (Lipinski definition) is 1. The van der Waals surface area contributed by atoms with E-state index in [4.69, 9.17) is 9.47 Å². The van der Waals surface area contributed by atoms with E-state index in [-0.39, 0.29) is 18.0 Å². The van der Waals surface area contributed by atoms with Gasteiger partial charge in [0.15, 0.2) is 6.61 Å². The fourth-order valence-electron chi connectivity index (χ4n) is 4.44. The Morgan fingerprint density at radius 3 is 2.29 bits per heavy atom. The number of benzene rings is 2. The van der Waals surface area contributed by atoms with E-state index in [2.05, 4.69) is 10.2 Å². The van der Waals surface area contributed by atoms with Gasteiger partial charge in [-0.05, 0) is 57.0 Å². The molecule has 9 nitrogen and oxygen atoms in total. The van der Waals surface area contributed by atoms with Crippen LogP contribution in [-0.4, -0.2) is 70.6 Å². The average Bonchev–Trinajstić information content (AvgIpc) is 3.37. The first-order chi connectivity index (χ1) is 16.7. The Labute approximate surface area is 206 Å². The molecule has 0 atom stereocenters. The Bertz CT molecular complexity index is 1180. The summed E-state index contributed by atoms with van der Waals surface area (Å²) in [4.78, 5) is 27.4. The summed E-state index contributed by atoms with van der Waals surface area (Å²) >= 11 is 0. The second-order valence-electron chi connectivity index (χ2n) is 8.89. The molecule has 0 spiro atoms. The van der Waals surface area contributed by atoms with E-state index in [0.717, 1.165) is 42.7 Å². The van der Waals surface area contributed by atoms with Crippen molar-refractivity contribution in [3.8, 4) is 0 Å². The van der Waals surface area contributed by atoms with Gasteiger partial charge in [-0.25, -0.2) is 13.2 Å². The van der Waals surface area contributed by atoms with Crippen LogP contribution in [0.1, 0.15) is 34.3 Å². The van der Waals surface area contributed by atoms with E-state index in [0.29, 0.717) is 24.5 Å². The predicted octanol–water partition coefficient (Wildman–Crippen LogP) is 2.72. The Kier molecular flexibility index (Phi) is 7.73. The summed E-state index contributed by atoms with van der Waals surface area (Å²) in [6.45, 7) is 6.19. The van der Waals surface area contributed by atoms with Crippen LogP contribution >= 0.6 is 0 Å². The maximum absolute atomic E-state index is 13.2. The second-order valence-corrected chi connectivity index (χ2v) is 10.8. The number of anilines is 2. The number of amides is 1. The number of rotatable bonds is 7. The van der Waals surface area contributed by atoms with E-state index in [1.807, 2.05) is 19.9 Å². The normalized spacial score (nSPS) is 16.8. The molecule has 1 N–H and O–H groups in total. The highest BCUT2D eigenvalue weighted by Gasteiger charge is 2.28. The lowest BCUT2D eigenvalue weighted by Gasteiger charge is -2.27. The number of ether oxygens (including phenoxy) is 2. The predicted molar refractivity (Wildman–Crippen MR) is 132 cm³/mol. The van der Waals surface area contributed by atoms with Gasteiger partial charge < -0.3 is 19.7 Å². The first kappa shape index (κ1) is 25.2. The SMILES string of the molecule is Cc1cc(C)cc(C(=O)OCC(=O)Nc2cc(S(=O)(=O)N3CCOCC3)ccc2N2CCCC2)c1. The third kappa shape index (κ3) is 6.01. The lowest BCUT2D eigenvalue weighted by atomic mass is 10.1. The van der Waals surface area contributed by atoms with Crippen LogP contribution in [0.15, 0.2) is 41.3 Å². The van der Waals surface area contributed by atoms with Crippen molar-refractivity contribution in [3.05, 3.63) is 53.1 Å². The molecule has 2 aromatic carbocycles. The number of hydrogen-bond acceptors (Lipinski definition) is 7. The van der Waals surface area contributed by atoms with Crippen LogP contribution in [0.25, 0.3) is 0 Å². The number of carbonyl (C=O) groups is 2. The Hall–Kier alpha value is -2.95. The van der Waals surface area contributed by atoms with Gasteiger partial charge in [0.25, 0.3) is 5.91 Å². The van der Waals surface area contributed by atoms with E-state index in [1.165, 1.54) is 10.4 Å². The van der Waals surface area contributed by atoms with Crippen LogP contribution in [0.5, 0.6) is 0 Å². The van der Waals surface area contributed by atoms with E-state index in [9.17, 15) is 18.0 Å². The van der Waals surface area contributed by atoms with Crippen LogP contribution in [0, 0.1) is 13.8 Å². The highest BCUT2D eigenvalue weighted by atomic mass is 32.2. The minimum Gasteiger partial charge on any atom is -0.452 e. The molecule has 2 heterocycles. The lowest BCUT2D eigenvalue weighted by molar-refractivity contribution is -0.119. The molecule has 4 rings (SSSR count). The first-order valence-corrected chi connectivity index (χ1v) is 13.2. The topological polar surface area (TPSA) is 105 Å². The standard InChI is InChI=1S/C25H31N3O6S/c1-18-13-19(2)15-20(14-18)25(30)34-17-24(29)26-22-16-21(5-6-23(22)27-7-3-4-8-27)35(31,32)28-9-11-33-12-10-28/h5-6,13-16H,3-4,7-12,17H2,1-2H3,(H,26,29). The van der Waals surface area contributed by atoms with Crippen LogP contribution in [0.4, 0.5) is 11.4 Å². The van der Waals surface area contributed by atoms with Crippen LogP contribution in [0.3, 0.4) is 0 Å². The van der Waals surface area contributed by atoms with E-state index >= 15 is 0 Å². The molecule has 0 saturated carbocycles. The molecular formula is C25H31N3O6S. The third-order valence-corrected chi connectivity index (χ3v) is 7.98. The molecule has 2 aliphatic rings. The monoisotopic (exact) mass is 501 g/mol. The first-order valence-electron chi connectivity index (χ1n) is 11.8. The molecule has 2 fully saturated rings. The molecule has 2 aromatic rings. The van der Waals surface area contributed by atoms with Crippen molar-refractivity contribution in [2.75, 3.05) is 56.2 Å². The molecule has 0 radical (unpaired) electrons. The van der Waals surface area contributed by atoms with Gasteiger partial charge in [-0.1, -0.05) is 17.2 Å². The van der Waals surface area contributed by atoms with Crippen molar-refractivity contribution in [1.29, 1.82) is 0 Å². The molecule has 10 heteroatoms. The number of esters is 1. The van der Waals surface area contributed by atoms with E-state index in [1.54, 1.807) is 24.3 Å². The Balaban J connectivity index is 1.51. The van der Waals surface area contributed by atoms with Crippen molar-refractivity contribution in [2.45, 2.75) is 31.6 Å². The van der Waals surface area contributed by atoms with Gasteiger partial charge in [0.1, 0.15) is 0 Å². The summed E-state index contributed by atoms with van der Waals surface area (Å²) < 4.78 is 38.2. The molecule has 0 aliphatic carbocycles. The van der Waals surface area contributed by atoms with Gasteiger partial charge >= 0.3 is 5.97 Å².